The Bertz CT molecular complexity index is 1580. The Labute approximate surface area is 342 Å². The number of hydrogen-bond acceptors (Lipinski definition) is 11. The van der Waals surface area contributed by atoms with Gasteiger partial charge in [0.1, 0.15) is 24.2 Å². The van der Waals surface area contributed by atoms with Gasteiger partial charge in [0.15, 0.2) is 18.8 Å². The Morgan fingerprint density at radius 1 is 0.828 bits per heavy atom. The average Bonchev–Trinajstić information content (AvgIpc) is 3.18. The van der Waals surface area contributed by atoms with Gasteiger partial charge in [0.25, 0.3) is 11.8 Å². The number of nitrogens with zero attached hydrogens (tertiary/aromatic N) is 2. The van der Waals surface area contributed by atoms with Gasteiger partial charge in [0.05, 0.1) is 12.3 Å². The lowest BCUT2D eigenvalue weighted by Crippen LogP contribution is -2.56. The number of benzene rings is 1. The fraction of sp³-hybridized carbons (Fsp3) is 0.605. The van der Waals surface area contributed by atoms with Crippen LogP contribution < -0.4 is 10.1 Å². The molecule has 0 bridgehead atoms. The maximum absolute atomic E-state index is 14.0. The molecule has 0 saturated carbocycles. The van der Waals surface area contributed by atoms with E-state index in [1.165, 1.54) is 45.6 Å². The largest absolute Gasteiger partial charge is 0.481 e. The van der Waals surface area contributed by atoms with E-state index in [0.29, 0.717) is 37.0 Å². The van der Waals surface area contributed by atoms with Crippen LogP contribution in [0.25, 0.3) is 0 Å². The van der Waals surface area contributed by atoms with Crippen LogP contribution in [-0.4, -0.2) is 121 Å². The average molecular weight is 814 g/mol. The van der Waals surface area contributed by atoms with Crippen LogP contribution in [0, 0.1) is 17.8 Å². The van der Waals surface area contributed by atoms with Gasteiger partial charge < -0.3 is 39.5 Å². The van der Waals surface area contributed by atoms with E-state index in [2.05, 4.69) is 24.1 Å². The van der Waals surface area contributed by atoms with Crippen molar-refractivity contribution in [2.75, 3.05) is 48.0 Å². The number of carbonyl (C=O) groups excluding carboxylic acids is 6. The quantitative estimate of drug-likeness (QED) is 0.0454. The maximum Gasteiger partial charge on any atom is 0.337 e. The first kappa shape index (κ1) is 50.8. The monoisotopic (exact) mass is 813 g/mol. The van der Waals surface area contributed by atoms with Crippen molar-refractivity contribution in [2.24, 2.45) is 5.92 Å². The Kier molecular flexibility index (Phi) is 24.7. The summed E-state index contributed by atoms with van der Waals surface area (Å²) in [6.45, 7) is 2.60. The lowest BCUT2D eigenvalue weighted by Gasteiger charge is -2.30. The number of nitrogens with one attached hydrogen (secondary N) is 1. The van der Waals surface area contributed by atoms with Gasteiger partial charge in [-0.05, 0) is 50.3 Å². The maximum atomic E-state index is 14.0. The normalized spacial score (nSPS) is 12.9. The minimum atomic E-state index is -3.08. The van der Waals surface area contributed by atoms with Crippen molar-refractivity contribution in [1.82, 2.24) is 15.1 Å². The molecule has 1 aromatic rings. The Morgan fingerprint density at radius 3 is 1.95 bits per heavy atom. The molecule has 0 saturated heterocycles. The number of ketones is 1. The first-order valence-electron chi connectivity index (χ1n) is 19.8. The summed E-state index contributed by atoms with van der Waals surface area (Å²) in [7, 11) is 5.78. The highest BCUT2D eigenvalue weighted by Crippen LogP contribution is 2.27. The molecular weight excluding hydrogens is 750 g/mol. The lowest BCUT2D eigenvalue weighted by molar-refractivity contribution is -0.174. The number of carboxylic acids is 1. The van der Waals surface area contributed by atoms with Gasteiger partial charge in [0, 0.05) is 47.5 Å². The summed E-state index contributed by atoms with van der Waals surface area (Å²) < 4.78 is 15.7. The molecule has 15 nitrogen and oxygen atoms in total. The molecule has 0 aromatic heterocycles. The van der Waals surface area contributed by atoms with Crippen molar-refractivity contribution >= 4 is 41.4 Å². The first-order valence-corrected chi connectivity index (χ1v) is 19.8. The molecule has 0 heterocycles. The van der Waals surface area contributed by atoms with Crippen molar-refractivity contribution in [3.05, 3.63) is 42.0 Å². The summed E-state index contributed by atoms with van der Waals surface area (Å²) in [6, 6.07) is 5.04. The molecule has 0 spiro atoms. The number of allylic oxidation sites excluding steroid dienone is 1. The number of carboxylic acid groups (broad SMARTS) is 1. The molecule has 0 fully saturated rings. The van der Waals surface area contributed by atoms with Gasteiger partial charge >= 0.3 is 17.9 Å². The van der Waals surface area contributed by atoms with E-state index in [4.69, 9.17) is 14.2 Å². The molecule has 3 amide bonds. The number of aliphatic hydroxyl groups is 1. The second kappa shape index (κ2) is 28.2. The highest BCUT2D eigenvalue weighted by molar-refractivity contribution is 5.95. The van der Waals surface area contributed by atoms with Crippen LogP contribution in [0.5, 0.6) is 5.75 Å². The molecule has 0 aliphatic heterocycles. The van der Waals surface area contributed by atoms with E-state index in [1.54, 1.807) is 31.2 Å². The zero-order valence-corrected chi connectivity index (χ0v) is 35.0. The van der Waals surface area contributed by atoms with Crippen molar-refractivity contribution in [2.45, 2.75) is 115 Å². The third-order valence-electron chi connectivity index (χ3n) is 9.19. The predicted octanol–water partition coefficient (Wildman–Crippen LogP) is 4.03. The number of carbonyl (C=O) groups is 7. The van der Waals surface area contributed by atoms with E-state index < -0.39 is 72.8 Å². The van der Waals surface area contributed by atoms with Gasteiger partial charge in [0.2, 0.25) is 5.91 Å². The van der Waals surface area contributed by atoms with E-state index >= 15 is 0 Å². The smallest absolute Gasteiger partial charge is 0.337 e. The molecule has 0 aliphatic rings. The van der Waals surface area contributed by atoms with Crippen LogP contribution in [0.15, 0.2) is 36.4 Å². The number of ether oxygens (including phenoxy) is 3. The van der Waals surface area contributed by atoms with E-state index in [9.17, 15) is 43.8 Å². The first-order chi connectivity index (χ1) is 27.5. The van der Waals surface area contributed by atoms with E-state index in [1.807, 2.05) is 0 Å². The Morgan fingerprint density at radius 2 is 1.40 bits per heavy atom. The highest BCUT2D eigenvalue weighted by atomic mass is 16.5. The molecule has 1 rings (SSSR count). The minimum Gasteiger partial charge on any atom is -0.481 e. The van der Waals surface area contributed by atoms with Crippen LogP contribution in [0.2, 0.25) is 0 Å². The van der Waals surface area contributed by atoms with Gasteiger partial charge in [-0.1, -0.05) is 75.7 Å². The summed E-state index contributed by atoms with van der Waals surface area (Å²) in [6.07, 6.45) is 11.0. The summed E-state index contributed by atoms with van der Waals surface area (Å²) in [5.74, 6) is -2.18. The molecule has 1 aromatic carbocycles. The lowest BCUT2D eigenvalue weighted by atomic mass is 9.82. The van der Waals surface area contributed by atoms with Crippen molar-refractivity contribution in [3.8, 4) is 17.6 Å². The number of unbranched alkanes of at least 4 members (excludes halogenated alkanes) is 8. The van der Waals surface area contributed by atoms with E-state index in [-0.39, 0.29) is 18.8 Å². The molecule has 3 atom stereocenters. The predicted molar refractivity (Wildman–Crippen MR) is 216 cm³/mol. The molecule has 58 heavy (non-hydrogen) atoms. The summed E-state index contributed by atoms with van der Waals surface area (Å²) in [5, 5.41) is 24.3. The number of esters is 2. The number of rotatable bonds is 29. The summed E-state index contributed by atoms with van der Waals surface area (Å²) in [4.78, 5) is 91.7. The molecule has 0 radical (unpaired) electrons. The molecule has 3 N–H and O–H groups in total. The van der Waals surface area contributed by atoms with Crippen LogP contribution in [0.1, 0.15) is 103 Å². The SMILES string of the molecule is CC#CCOc1ccc(C[C@H](NC(=O)[C@@H](/C=C/CCCCCCC(=O)CCCCCCC)[C@@](O)(CC(=O)OCC(=O)N(C)C)C(=O)O)C(=O)OCC(=O)N(C)C)cc1. The van der Waals surface area contributed by atoms with Gasteiger partial charge in [-0.25, -0.2) is 9.59 Å². The molecule has 0 aliphatic carbocycles. The molecule has 322 valence electrons. The third kappa shape index (κ3) is 20.3. The molecule has 15 heteroatoms. The van der Waals surface area contributed by atoms with Crippen LogP contribution >= 0.6 is 0 Å². The second-order valence-corrected chi connectivity index (χ2v) is 14.4. The summed E-state index contributed by atoms with van der Waals surface area (Å²) in [5.41, 5.74) is -2.55. The topological polar surface area (TPSA) is 206 Å². The summed E-state index contributed by atoms with van der Waals surface area (Å²) >= 11 is 0. The standard InChI is InChI=1S/C43H63N3O12/c1-7-9-11-14-17-20-33(47)21-18-15-12-13-16-19-22-35(43(55,42(53)54)29-39(50)57-30-37(48)45(3)4)40(51)44-36(41(52)58-31-38(49)46(5)6)28-32-23-25-34(26-24-32)56-27-10-8-2/h19,22-26,35-36,55H,7,9,11-18,20-21,27-31H2,1-6H3,(H,44,51)(H,53,54)/b22-19+/t35-,36+,43+/m1/s1. The number of likely N-dealkylation sites (N-methyl/N-ethyl adjacent to an activating group) is 2. The number of Topliss-reactive ketones (excluding diaryl/α,β-unsaturated/α-hetero) is 1. The Balaban J connectivity index is 3.27. The fourth-order valence-electron chi connectivity index (χ4n) is 5.51. The highest BCUT2D eigenvalue weighted by Gasteiger charge is 2.49. The van der Waals surface area contributed by atoms with E-state index in [0.717, 1.165) is 55.9 Å². The minimum absolute atomic E-state index is 0.155. The molecule has 0 unspecified atom stereocenters. The zero-order valence-electron chi connectivity index (χ0n) is 35.0. The fourth-order valence-corrected chi connectivity index (χ4v) is 5.51. The van der Waals surface area contributed by atoms with Gasteiger partial charge in [-0.15, -0.1) is 5.92 Å². The van der Waals surface area contributed by atoms with Crippen molar-refractivity contribution in [3.63, 3.8) is 0 Å². The number of amides is 3. The zero-order chi connectivity index (χ0) is 43.5. The van der Waals surface area contributed by atoms with Crippen molar-refractivity contribution in [1.29, 1.82) is 0 Å². The van der Waals surface area contributed by atoms with Crippen molar-refractivity contribution < 1.29 is 58.0 Å². The number of aliphatic carboxylic acids is 1. The Hall–Kier alpha value is -5.23. The van der Waals surface area contributed by atoms with Crippen LogP contribution in [0.3, 0.4) is 0 Å². The van der Waals surface area contributed by atoms with Crippen LogP contribution in [-0.2, 0) is 49.5 Å². The van der Waals surface area contributed by atoms with Gasteiger partial charge in [-0.2, -0.15) is 0 Å². The third-order valence-corrected chi connectivity index (χ3v) is 9.19. The van der Waals surface area contributed by atoms with Gasteiger partial charge in [-0.3, -0.25) is 24.0 Å². The number of hydrogen-bond donors (Lipinski definition) is 3. The van der Waals surface area contributed by atoms with Crippen LogP contribution in [0.4, 0.5) is 0 Å². The molecular formula is C43H63N3O12. The second-order valence-electron chi connectivity index (χ2n) is 14.4.